The summed E-state index contributed by atoms with van der Waals surface area (Å²) in [6, 6.07) is 7.75. The van der Waals surface area contributed by atoms with E-state index in [0.717, 1.165) is 34.9 Å². The zero-order valence-corrected chi connectivity index (χ0v) is 17.3. The minimum absolute atomic E-state index is 0. The molecule has 0 spiro atoms. The Labute approximate surface area is 174 Å². The summed E-state index contributed by atoms with van der Waals surface area (Å²) in [6.45, 7) is 3.86. The van der Waals surface area contributed by atoms with Gasteiger partial charge in [-0.15, -0.1) is 0 Å². The molecule has 1 aliphatic rings. The molecule has 2 aromatic heterocycles. The van der Waals surface area contributed by atoms with E-state index < -0.39 is 5.91 Å². The highest BCUT2D eigenvalue weighted by molar-refractivity contribution is 7.59. The number of hydrogen-bond acceptors (Lipinski definition) is 6. The lowest BCUT2D eigenvalue weighted by atomic mass is 10.0. The number of benzene rings is 1. The lowest BCUT2D eigenvalue weighted by molar-refractivity contribution is 0.100. The highest BCUT2D eigenvalue weighted by atomic mass is 32.1. The van der Waals surface area contributed by atoms with E-state index in [4.69, 9.17) is 11.5 Å². The summed E-state index contributed by atoms with van der Waals surface area (Å²) in [5, 5.41) is 4.82. The molecule has 152 valence electrons. The van der Waals surface area contributed by atoms with Gasteiger partial charge in [0, 0.05) is 17.9 Å². The number of aryl methyl sites for hydroxylation is 1. The van der Waals surface area contributed by atoms with Crippen molar-refractivity contribution >= 4 is 41.9 Å². The molecular formula is C20H24N6O2S. The predicted molar refractivity (Wildman–Crippen MR) is 119 cm³/mol. The molecule has 3 aromatic rings. The van der Waals surface area contributed by atoms with E-state index in [1.54, 1.807) is 0 Å². The van der Waals surface area contributed by atoms with Gasteiger partial charge in [-0.3, -0.25) is 9.59 Å². The van der Waals surface area contributed by atoms with E-state index in [9.17, 15) is 9.59 Å². The Morgan fingerprint density at radius 1 is 1.34 bits per heavy atom. The van der Waals surface area contributed by atoms with E-state index in [1.807, 2.05) is 42.7 Å². The number of rotatable bonds is 5. The van der Waals surface area contributed by atoms with Crippen molar-refractivity contribution in [2.24, 2.45) is 5.73 Å². The van der Waals surface area contributed by atoms with E-state index in [0.29, 0.717) is 0 Å². The minimum Gasteiger partial charge on any atom is -0.368 e. The standard InChI is InChI=1S/C20H22N6O2.H2S/c1-10-4-3-5-12-8-15(26(13-6-7-13)19(28)16(10)12)11(2)24-18-14(17(21)27)9-23-20(22)25-18;/h3-5,8-9,11,13H,6-7H2,1-2H3,(H2,21,27)(H3,22,23,24,25);1H2/t11-;/m0./s1. The monoisotopic (exact) mass is 412 g/mol. The number of hydrogen-bond donors (Lipinski definition) is 3. The average molecular weight is 413 g/mol. The third kappa shape index (κ3) is 3.77. The first-order chi connectivity index (χ1) is 13.4. The van der Waals surface area contributed by atoms with Gasteiger partial charge in [-0.05, 0) is 43.7 Å². The fraction of sp³-hybridized carbons (Fsp3) is 0.300. The summed E-state index contributed by atoms with van der Waals surface area (Å²) in [5.41, 5.74) is 13.1. The molecule has 2 heterocycles. The van der Waals surface area contributed by atoms with Crippen molar-refractivity contribution in [3.63, 3.8) is 0 Å². The van der Waals surface area contributed by atoms with E-state index >= 15 is 0 Å². The SMILES string of the molecule is Cc1cccc2cc([C@H](C)Nc3nc(N)ncc3C(N)=O)n(C3CC3)c(=O)c12.S. The molecule has 9 heteroatoms. The van der Waals surface area contributed by atoms with Crippen LogP contribution in [0.2, 0.25) is 0 Å². The molecule has 0 unspecified atom stereocenters. The van der Waals surface area contributed by atoms with Crippen LogP contribution in [0.5, 0.6) is 0 Å². The number of anilines is 2. The van der Waals surface area contributed by atoms with Crippen molar-refractivity contribution in [3.05, 3.63) is 57.6 Å². The van der Waals surface area contributed by atoms with E-state index in [1.165, 1.54) is 6.20 Å². The number of carbonyl (C=O) groups excluding carboxylic acids is 1. The Bertz CT molecular complexity index is 1160. The van der Waals surface area contributed by atoms with Crippen molar-refractivity contribution in [2.75, 3.05) is 11.1 Å². The van der Waals surface area contributed by atoms with Crippen molar-refractivity contribution in [1.29, 1.82) is 0 Å². The third-order valence-electron chi connectivity index (χ3n) is 5.10. The quantitative estimate of drug-likeness (QED) is 0.590. The van der Waals surface area contributed by atoms with Crippen LogP contribution in [0.25, 0.3) is 10.8 Å². The van der Waals surface area contributed by atoms with Crippen LogP contribution in [-0.4, -0.2) is 20.4 Å². The molecule has 1 amide bonds. The van der Waals surface area contributed by atoms with Gasteiger partial charge in [0.25, 0.3) is 11.5 Å². The van der Waals surface area contributed by atoms with Crippen LogP contribution in [0.1, 0.15) is 53.5 Å². The second-order valence-corrected chi connectivity index (χ2v) is 7.24. The van der Waals surface area contributed by atoms with Crippen LogP contribution in [-0.2, 0) is 0 Å². The minimum atomic E-state index is -0.650. The molecule has 1 atom stereocenters. The molecule has 0 bridgehead atoms. The normalized spacial score (nSPS) is 14.3. The Morgan fingerprint density at radius 2 is 2.07 bits per heavy atom. The van der Waals surface area contributed by atoms with Gasteiger partial charge < -0.3 is 21.4 Å². The number of primary amides is 1. The van der Waals surface area contributed by atoms with E-state index in [-0.39, 0.29) is 48.5 Å². The maximum absolute atomic E-state index is 13.3. The summed E-state index contributed by atoms with van der Waals surface area (Å²) < 4.78 is 1.86. The lowest BCUT2D eigenvalue weighted by Crippen LogP contribution is -2.27. The molecular weight excluding hydrogens is 388 g/mol. The molecule has 4 rings (SSSR count). The van der Waals surface area contributed by atoms with Gasteiger partial charge in [0.2, 0.25) is 5.95 Å². The number of nitrogens with two attached hydrogens (primary N) is 2. The van der Waals surface area contributed by atoms with Crippen LogP contribution in [0.4, 0.5) is 11.8 Å². The Hall–Kier alpha value is -3.07. The fourth-order valence-corrected chi connectivity index (χ4v) is 3.58. The van der Waals surface area contributed by atoms with Crippen molar-refractivity contribution in [2.45, 2.75) is 38.8 Å². The first-order valence-electron chi connectivity index (χ1n) is 9.20. The van der Waals surface area contributed by atoms with Gasteiger partial charge in [-0.2, -0.15) is 18.5 Å². The first-order valence-corrected chi connectivity index (χ1v) is 9.20. The molecule has 29 heavy (non-hydrogen) atoms. The number of nitrogens with one attached hydrogen (secondary N) is 1. The van der Waals surface area contributed by atoms with Crippen molar-refractivity contribution in [1.82, 2.24) is 14.5 Å². The predicted octanol–water partition coefficient (Wildman–Crippen LogP) is 2.40. The largest absolute Gasteiger partial charge is 0.368 e. The van der Waals surface area contributed by atoms with Crippen LogP contribution in [0, 0.1) is 6.92 Å². The summed E-state index contributed by atoms with van der Waals surface area (Å²) in [5.74, 6) is -0.358. The highest BCUT2D eigenvalue weighted by Crippen LogP contribution is 2.37. The molecule has 5 N–H and O–H groups in total. The van der Waals surface area contributed by atoms with Crippen molar-refractivity contribution < 1.29 is 4.79 Å². The zero-order valence-electron chi connectivity index (χ0n) is 16.3. The molecule has 1 aliphatic carbocycles. The second kappa shape index (κ2) is 7.75. The van der Waals surface area contributed by atoms with Gasteiger partial charge >= 0.3 is 0 Å². The highest BCUT2D eigenvalue weighted by Gasteiger charge is 2.29. The fourth-order valence-electron chi connectivity index (χ4n) is 3.58. The third-order valence-corrected chi connectivity index (χ3v) is 5.10. The smallest absolute Gasteiger partial charge is 0.259 e. The first kappa shape index (κ1) is 20.7. The van der Waals surface area contributed by atoms with Gasteiger partial charge in [-0.25, -0.2) is 4.98 Å². The molecule has 0 radical (unpaired) electrons. The molecule has 0 aliphatic heterocycles. The van der Waals surface area contributed by atoms with Gasteiger partial charge in [0.1, 0.15) is 5.82 Å². The summed E-state index contributed by atoms with van der Waals surface area (Å²) in [7, 11) is 0. The van der Waals surface area contributed by atoms with Gasteiger partial charge in [-0.1, -0.05) is 18.2 Å². The summed E-state index contributed by atoms with van der Waals surface area (Å²) >= 11 is 0. The lowest BCUT2D eigenvalue weighted by Gasteiger charge is -2.22. The van der Waals surface area contributed by atoms with Gasteiger partial charge in [0.05, 0.1) is 17.0 Å². The molecule has 0 saturated heterocycles. The summed E-state index contributed by atoms with van der Waals surface area (Å²) in [4.78, 5) is 32.9. The maximum Gasteiger partial charge on any atom is 0.259 e. The second-order valence-electron chi connectivity index (χ2n) is 7.24. The summed E-state index contributed by atoms with van der Waals surface area (Å²) in [6.07, 6.45) is 3.26. The number of aromatic nitrogens is 3. The Kier molecular flexibility index (Phi) is 5.52. The number of nitrogens with zero attached hydrogens (tertiary/aromatic N) is 3. The topological polar surface area (TPSA) is 129 Å². The number of nitrogen functional groups attached to an aromatic ring is 1. The van der Waals surface area contributed by atoms with Crippen LogP contribution in [0.3, 0.4) is 0 Å². The van der Waals surface area contributed by atoms with Crippen LogP contribution in [0.15, 0.2) is 35.3 Å². The van der Waals surface area contributed by atoms with Crippen LogP contribution < -0.4 is 22.3 Å². The molecule has 1 fully saturated rings. The molecule has 1 aromatic carbocycles. The zero-order chi connectivity index (χ0) is 20.0. The van der Waals surface area contributed by atoms with Gasteiger partial charge in [0.15, 0.2) is 0 Å². The molecule has 1 saturated carbocycles. The number of amides is 1. The average Bonchev–Trinajstić information content (AvgIpc) is 3.46. The van der Waals surface area contributed by atoms with Crippen LogP contribution >= 0.6 is 13.5 Å². The Balaban J connectivity index is 0.00000240. The number of pyridine rings is 1. The maximum atomic E-state index is 13.3. The number of carbonyl (C=O) groups is 1. The molecule has 8 nitrogen and oxygen atoms in total. The number of fused-ring (bicyclic) bond motifs is 1. The van der Waals surface area contributed by atoms with E-state index in [2.05, 4.69) is 15.3 Å². The Morgan fingerprint density at radius 3 is 2.72 bits per heavy atom. The van der Waals surface area contributed by atoms with Crippen molar-refractivity contribution in [3.8, 4) is 0 Å².